The van der Waals surface area contributed by atoms with Gasteiger partial charge in [0, 0.05) is 36.5 Å². The van der Waals surface area contributed by atoms with Crippen LogP contribution in [0, 0.1) is 5.92 Å². The Kier molecular flexibility index (Phi) is 6.24. The molecule has 5 heteroatoms. The molecule has 2 saturated heterocycles. The number of ether oxygens (including phenoxy) is 1. The number of ketones is 1. The monoisotopic (exact) mass is 399 g/mol. The molecule has 154 valence electrons. The van der Waals surface area contributed by atoms with E-state index in [1.807, 2.05) is 6.07 Å². The first-order chi connectivity index (χ1) is 14.1. The number of benzene rings is 2. The maximum absolute atomic E-state index is 13.0. The minimum absolute atomic E-state index is 0.00284. The minimum Gasteiger partial charge on any atom is -0.435 e. The van der Waals surface area contributed by atoms with Crippen molar-refractivity contribution in [1.29, 1.82) is 0 Å². The van der Waals surface area contributed by atoms with E-state index < -0.39 is 6.61 Å². The van der Waals surface area contributed by atoms with Gasteiger partial charge in [-0.15, -0.1) is 0 Å². The van der Waals surface area contributed by atoms with Crippen LogP contribution in [0.15, 0.2) is 54.6 Å². The molecule has 0 spiro atoms. The molecular weight excluding hydrogens is 372 g/mol. The Morgan fingerprint density at radius 3 is 2.34 bits per heavy atom. The molecular formula is C24H27F2NO2. The number of para-hydroxylation sites is 1. The predicted molar refractivity (Wildman–Crippen MR) is 108 cm³/mol. The molecule has 0 radical (unpaired) electrons. The minimum atomic E-state index is -2.88. The van der Waals surface area contributed by atoms with Crippen LogP contribution in [-0.4, -0.2) is 29.4 Å². The van der Waals surface area contributed by atoms with Crippen LogP contribution < -0.4 is 4.74 Å². The summed E-state index contributed by atoms with van der Waals surface area (Å²) in [5, 5.41) is 0. The summed E-state index contributed by atoms with van der Waals surface area (Å²) in [6.07, 6.45) is 5.34. The lowest BCUT2D eigenvalue weighted by Crippen LogP contribution is -2.52. The lowest BCUT2D eigenvalue weighted by Gasteiger charge is -2.48. The maximum Gasteiger partial charge on any atom is 0.387 e. The van der Waals surface area contributed by atoms with Gasteiger partial charge in [-0.25, -0.2) is 0 Å². The van der Waals surface area contributed by atoms with Gasteiger partial charge >= 0.3 is 6.61 Å². The van der Waals surface area contributed by atoms with Gasteiger partial charge < -0.3 is 4.74 Å². The molecule has 2 aliphatic heterocycles. The highest BCUT2D eigenvalue weighted by Crippen LogP contribution is 2.39. The van der Waals surface area contributed by atoms with E-state index in [0.29, 0.717) is 17.6 Å². The van der Waals surface area contributed by atoms with Crippen molar-refractivity contribution in [2.45, 2.75) is 63.8 Å². The number of nitrogens with zero attached hydrogens (tertiary/aromatic N) is 1. The van der Waals surface area contributed by atoms with Crippen molar-refractivity contribution in [3.63, 3.8) is 0 Å². The Morgan fingerprint density at radius 1 is 1.00 bits per heavy atom. The van der Waals surface area contributed by atoms with Crippen molar-refractivity contribution in [3.05, 3.63) is 65.7 Å². The molecule has 0 amide bonds. The second-order valence-electron chi connectivity index (χ2n) is 8.19. The van der Waals surface area contributed by atoms with Crippen LogP contribution in [0.2, 0.25) is 0 Å². The molecule has 2 aromatic carbocycles. The summed E-state index contributed by atoms with van der Waals surface area (Å²) in [6, 6.07) is 18.0. The molecule has 0 N–H and O–H groups in total. The zero-order valence-corrected chi connectivity index (χ0v) is 16.5. The number of hydrogen-bond donors (Lipinski definition) is 0. The van der Waals surface area contributed by atoms with Gasteiger partial charge in [0.15, 0.2) is 0 Å². The smallest absolute Gasteiger partial charge is 0.387 e. The number of carbonyl (C=O) groups excluding carboxylic acids is 1. The highest BCUT2D eigenvalue weighted by atomic mass is 19.3. The number of Topliss-reactive ketones (excluding diaryl/α,β-unsaturated/α-hetero) is 1. The summed E-state index contributed by atoms with van der Waals surface area (Å²) >= 11 is 0. The molecule has 2 aromatic rings. The lowest BCUT2D eigenvalue weighted by molar-refractivity contribution is -0.126. The average molecular weight is 399 g/mol. The van der Waals surface area contributed by atoms with E-state index in [9.17, 15) is 13.6 Å². The Morgan fingerprint density at radius 2 is 1.66 bits per heavy atom. The van der Waals surface area contributed by atoms with E-state index in [2.05, 4.69) is 33.9 Å². The normalized spacial score (nSPS) is 24.4. The van der Waals surface area contributed by atoms with E-state index in [1.54, 1.807) is 18.2 Å². The van der Waals surface area contributed by atoms with Crippen molar-refractivity contribution in [2.24, 2.45) is 5.92 Å². The zero-order chi connectivity index (χ0) is 20.2. The second kappa shape index (κ2) is 9.04. The van der Waals surface area contributed by atoms with Gasteiger partial charge in [-0.2, -0.15) is 8.78 Å². The molecule has 0 saturated carbocycles. The number of halogens is 2. The average Bonchev–Trinajstić information content (AvgIpc) is 2.69. The van der Waals surface area contributed by atoms with E-state index in [0.717, 1.165) is 32.2 Å². The number of hydrogen-bond acceptors (Lipinski definition) is 3. The molecule has 0 aliphatic carbocycles. The third kappa shape index (κ3) is 4.84. The zero-order valence-electron chi connectivity index (χ0n) is 16.5. The molecule has 4 rings (SSSR count). The van der Waals surface area contributed by atoms with Crippen LogP contribution >= 0.6 is 0 Å². The Hall–Kier alpha value is -2.27. The molecule has 3 nitrogen and oxygen atoms in total. The third-order valence-electron chi connectivity index (χ3n) is 6.34. The largest absolute Gasteiger partial charge is 0.435 e. The number of fused-ring (bicyclic) bond motifs is 2. The van der Waals surface area contributed by atoms with Gasteiger partial charge in [0.2, 0.25) is 0 Å². The molecule has 2 heterocycles. The van der Waals surface area contributed by atoms with E-state index in [4.69, 9.17) is 0 Å². The van der Waals surface area contributed by atoms with Gasteiger partial charge in [-0.3, -0.25) is 9.69 Å². The third-order valence-corrected chi connectivity index (χ3v) is 6.34. The highest BCUT2D eigenvalue weighted by Gasteiger charge is 2.40. The number of rotatable bonds is 7. The molecule has 29 heavy (non-hydrogen) atoms. The summed E-state index contributed by atoms with van der Waals surface area (Å²) < 4.78 is 29.9. The number of carbonyl (C=O) groups is 1. The summed E-state index contributed by atoms with van der Waals surface area (Å²) in [5.74, 6) is 0.251. The summed E-state index contributed by atoms with van der Waals surface area (Å²) in [6.45, 7) is -1.95. The van der Waals surface area contributed by atoms with E-state index >= 15 is 0 Å². The van der Waals surface area contributed by atoms with Crippen LogP contribution in [0.25, 0.3) is 0 Å². The van der Waals surface area contributed by atoms with Gasteiger partial charge in [0.25, 0.3) is 0 Å². The predicted octanol–water partition coefficient (Wildman–Crippen LogP) is 5.23. The first-order valence-electron chi connectivity index (χ1n) is 10.4. The quantitative estimate of drug-likeness (QED) is 0.638. The fraction of sp³-hybridized carbons (Fsp3) is 0.458. The molecule has 2 fully saturated rings. The van der Waals surface area contributed by atoms with Crippen molar-refractivity contribution in [1.82, 2.24) is 4.90 Å². The molecule has 2 aliphatic rings. The fourth-order valence-corrected chi connectivity index (χ4v) is 4.99. The topological polar surface area (TPSA) is 29.5 Å². The highest BCUT2D eigenvalue weighted by molar-refractivity contribution is 5.84. The molecule has 0 aromatic heterocycles. The van der Waals surface area contributed by atoms with Crippen LogP contribution in [0.1, 0.15) is 43.2 Å². The van der Waals surface area contributed by atoms with E-state index in [1.165, 1.54) is 18.1 Å². The van der Waals surface area contributed by atoms with Crippen molar-refractivity contribution in [2.75, 3.05) is 0 Å². The van der Waals surface area contributed by atoms with E-state index in [-0.39, 0.29) is 23.9 Å². The Balaban J connectivity index is 1.43. The summed E-state index contributed by atoms with van der Waals surface area (Å²) in [5.41, 5.74) is 1.86. The fourth-order valence-electron chi connectivity index (χ4n) is 4.99. The summed E-state index contributed by atoms with van der Waals surface area (Å²) in [4.78, 5) is 15.6. The SMILES string of the molecule is O=C(Cc1ccccc1OC(F)F)C1CC2CCCC(C1)N2Cc1ccccc1. The van der Waals surface area contributed by atoms with Crippen molar-refractivity contribution >= 4 is 5.78 Å². The number of alkyl halides is 2. The lowest BCUT2D eigenvalue weighted by atomic mass is 9.75. The second-order valence-corrected chi connectivity index (χ2v) is 8.19. The standard InChI is InChI=1S/C24H27F2NO2/c25-24(26)29-23-12-5-4-9-18(23)15-22(28)19-13-20-10-6-11-21(14-19)27(20)16-17-7-2-1-3-8-17/h1-5,7-9,12,19-21,24H,6,10-11,13-16H2. The molecule has 2 atom stereocenters. The van der Waals surface area contributed by atoms with Crippen molar-refractivity contribution in [3.8, 4) is 5.75 Å². The Bertz CT molecular complexity index is 813. The number of piperidine rings is 2. The molecule has 2 unspecified atom stereocenters. The maximum atomic E-state index is 13.0. The molecule has 2 bridgehead atoms. The van der Waals surface area contributed by atoms with Gasteiger partial charge in [0.1, 0.15) is 11.5 Å². The van der Waals surface area contributed by atoms with Gasteiger partial charge in [-0.05, 0) is 37.3 Å². The summed E-state index contributed by atoms with van der Waals surface area (Å²) in [7, 11) is 0. The first-order valence-corrected chi connectivity index (χ1v) is 10.4. The van der Waals surface area contributed by atoms with Crippen molar-refractivity contribution < 1.29 is 18.3 Å². The Labute approximate surface area is 170 Å². The van der Waals surface area contributed by atoms with Crippen LogP contribution in [0.3, 0.4) is 0 Å². The van der Waals surface area contributed by atoms with Gasteiger partial charge in [-0.1, -0.05) is 55.0 Å². The van der Waals surface area contributed by atoms with Crippen LogP contribution in [-0.2, 0) is 17.8 Å². The van der Waals surface area contributed by atoms with Gasteiger partial charge in [0.05, 0.1) is 0 Å². The first kappa shape index (κ1) is 20.0. The van der Waals surface area contributed by atoms with Crippen LogP contribution in [0.4, 0.5) is 8.78 Å². The van der Waals surface area contributed by atoms with Crippen LogP contribution in [0.5, 0.6) is 5.75 Å².